The van der Waals surface area contributed by atoms with E-state index >= 15 is 0 Å². The van der Waals surface area contributed by atoms with E-state index in [1.165, 1.54) is 0 Å². The molecule has 3 N–H and O–H groups in total. The van der Waals surface area contributed by atoms with Crippen molar-refractivity contribution < 1.29 is 39.1 Å². The van der Waals surface area contributed by atoms with Gasteiger partial charge in [0.25, 0.3) is 0 Å². The third-order valence-corrected chi connectivity index (χ3v) is 8.98. The Morgan fingerprint density at radius 2 is 1.86 bits per heavy atom. The number of rotatable bonds is 0. The second kappa shape index (κ2) is 4.60. The highest BCUT2D eigenvalue weighted by Gasteiger charge is 3.02. The topological polar surface area (TPSA) is 115 Å². The van der Waals surface area contributed by atoms with E-state index in [0.717, 1.165) is 0 Å². The molecule has 5 unspecified atom stereocenters. The van der Waals surface area contributed by atoms with E-state index in [-0.39, 0.29) is 17.9 Å². The van der Waals surface area contributed by atoms with E-state index in [2.05, 4.69) is 0 Å². The molecular formula is C20H28O8. The summed E-state index contributed by atoms with van der Waals surface area (Å²) in [6.45, 7) is 8.48. The van der Waals surface area contributed by atoms with Gasteiger partial charge < -0.3 is 34.3 Å². The van der Waals surface area contributed by atoms with Crippen molar-refractivity contribution in [1.29, 1.82) is 0 Å². The van der Waals surface area contributed by atoms with Gasteiger partial charge in [-0.05, 0) is 11.8 Å². The standard InChI is InChI=1S/C20H28O8/c1-8-7-26-13-11(22)18-12-9(21)10(16(2,3)4)17(18)5-6-25-15(17)28-20(18,14(23)27-12)19(8,13)24/h8-13,15,21-22,24H,5-7H2,1-4H3/t8-,9-,10+,11+,12?,13?,15+,17?,18?,19-,20?/m1/s1. The van der Waals surface area contributed by atoms with Crippen molar-refractivity contribution in [1.82, 2.24) is 0 Å². The van der Waals surface area contributed by atoms with Gasteiger partial charge in [-0.1, -0.05) is 27.7 Å². The minimum atomic E-state index is -1.81. The fourth-order valence-electron chi connectivity index (χ4n) is 8.51. The molecule has 156 valence electrons. The van der Waals surface area contributed by atoms with E-state index in [9.17, 15) is 20.1 Å². The summed E-state index contributed by atoms with van der Waals surface area (Å²) < 4.78 is 23.9. The zero-order valence-electron chi connectivity index (χ0n) is 16.5. The molecular weight excluding hydrogens is 368 g/mol. The highest BCUT2D eigenvalue weighted by molar-refractivity contribution is 5.89. The molecule has 0 bridgehead atoms. The van der Waals surface area contributed by atoms with Crippen LogP contribution in [0.25, 0.3) is 0 Å². The fraction of sp³-hybridized carbons (Fsp3) is 0.950. The second-order valence-corrected chi connectivity index (χ2v) is 10.7. The molecule has 2 aliphatic carbocycles. The summed E-state index contributed by atoms with van der Waals surface area (Å²) in [7, 11) is 0. The number of ether oxygens (including phenoxy) is 4. The molecule has 8 nitrogen and oxygen atoms in total. The lowest BCUT2D eigenvalue weighted by atomic mass is 9.52. The smallest absolute Gasteiger partial charge is 0.342 e. The lowest BCUT2D eigenvalue weighted by molar-refractivity contribution is -0.241. The molecule has 8 heteroatoms. The first-order chi connectivity index (χ1) is 13.0. The molecule has 0 aromatic carbocycles. The third-order valence-electron chi connectivity index (χ3n) is 8.98. The average Bonchev–Trinajstić information content (AvgIpc) is 3.31. The average molecular weight is 396 g/mol. The fourth-order valence-corrected chi connectivity index (χ4v) is 8.51. The summed E-state index contributed by atoms with van der Waals surface area (Å²) in [5, 5.41) is 35.0. The summed E-state index contributed by atoms with van der Waals surface area (Å²) in [4.78, 5) is 13.4. The lowest BCUT2D eigenvalue weighted by Gasteiger charge is -2.47. The Labute approximate surface area is 163 Å². The summed E-state index contributed by atoms with van der Waals surface area (Å²) in [6.07, 6.45) is -4.44. The first-order valence-corrected chi connectivity index (χ1v) is 10.2. The number of aliphatic hydroxyl groups excluding tert-OH is 2. The Bertz CT molecular complexity index is 779. The largest absolute Gasteiger partial charge is 0.456 e. The zero-order valence-corrected chi connectivity index (χ0v) is 16.5. The number of hydrogen-bond acceptors (Lipinski definition) is 8. The Hall–Kier alpha value is -0.770. The van der Waals surface area contributed by atoms with Crippen LogP contribution in [0.3, 0.4) is 0 Å². The normalized spacial score (nSPS) is 64.0. The van der Waals surface area contributed by atoms with Gasteiger partial charge in [0.15, 0.2) is 6.29 Å². The van der Waals surface area contributed by atoms with E-state index in [4.69, 9.17) is 18.9 Å². The van der Waals surface area contributed by atoms with E-state index < -0.39 is 64.6 Å². The van der Waals surface area contributed by atoms with Crippen LogP contribution in [-0.2, 0) is 23.7 Å². The number of hydrogen-bond donors (Lipinski definition) is 3. The first kappa shape index (κ1) is 18.0. The van der Waals surface area contributed by atoms with E-state index in [0.29, 0.717) is 13.0 Å². The molecule has 4 aliphatic heterocycles. The number of esters is 1. The molecule has 4 heterocycles. The van der Waals surface area contributed by atoms with Gasteiger partial charge in [0, 0.05) is 17.3 Å². The molecule has 0 amide bonds. The van der Waals surface area contributed by atoms with Gasteiger partial charge in [0.2, 0.25) is 5.60 Å². The van der Waals surface area contributed by atoms with Crippen molar-refractivity contribution in [2.75, 3.05) is 13.2 Å². The SMILES string of the molecule is C[C@@H]1COC2[C@H](O)C34C5OC(=O)C3(O[C@@H]3OCCC34[C@H](C(C)(C)C)[C@H]5O)[C@]21O. The van der Waals surface area contributed by atoms with Gasteiger partial charge in [-0.25, -0.2) is 4.79 Å². The maximum absolute atomic E-state index is 13.4. The second-order valence-electron chi connectivity index (χ2n) is 10.7. The monoisotopic (exact) mass is 396 g/mol. The Morgan fingerprint density at radius 1 is 1.14 bits per heavy atom. The molecule has 4 saturated heterocycles. The highest BCUT2D eigenvalue weighted by atomic mass is 16.7. The van der Waals surface area contributed by atoms with Crippen molar-refractivity contribution in [3.8, 4) is 0 Å². The number of fused-ring (bicyclic) bond motifs is 1. The predicted octanol–water partition coefficient (Wildman–Crippen LogP) is -0.423. The van der Waals surface area contributed by atoms with Crippen LogP contribution in [-0.4, -0.2) is 76.4 Å². The van der Waals surface area contributed by atoms with Crippen LogP contribution >= 0.6 is 0 Å². The molecule has 0 aromatic heterocycles. The van der Waals surface area contributed by atoms with E-state index in [1.807, 2.05) is 20.8 Å². The lowest BCUT2D eigenvalue weighted by Crippen LogP contribution is -2.65. The molecule has 28 heavy (non-hydrogen) atoms. The van der Waals surface area contributed by atoms with Crippen LogP contribution in [0.5, 0.6) is 0 Å². The van der Waals surface area contributed by atoms with Gasteiger partial charge in [-0.3, -0.25) is 0 Å². The van der Waals surface area contributed by atoms with Crippen LogP contribution in [0.4, 0.5) is 0 Å². The van der Waals surface area contributed by atoms with Crippen molar-refractivity contribution >= 4 is 5.97 Å². The molecule has 2 saturated carbocycles. The molecule has 2 spiro atoms. The summed E-state index contributed by atoms with van der Waals surface area (Å²) in [5.41, 5.74) is -6.10. The van der Waals surface area contributed by atoms with Gasteiger partial charge in [0.05, 0.1) is 30.8 Å². The molecule has 0 aromatic rings. The van der Waals surface area contributed by atoms with E-state index in [1.54, 1.807) is 6.92 Å². The number of carbonyl (C=O) groups excluding carboxylic acids is 1. The van der Waals surface area contributed by atoms with Gasteiger partial charge in [-0.2, -0.15) is 0 Å². The van der Waals surface area contributed by atoms with Crippen LogP contribution < -0.4 is 0 Å². The summed E-state index contributed by atoms with van der Waals surface area (Å²) in [6, 6.07) is 0. The predicted molar refractivity (Wildman–Crippen MR) is 91.7 cm³/mol. The zero-order chi connectivity index (χ0) is 20.1. The molecule has 11 atom stereocenters. The maximum Gasteiger partial charge on any atom is 0.342 e. The Morgan fingerprint density at radius 3 is 2.54 bits per heavy atom. The van der Waals surface area contributed by atoms with Gasteiger partial charge in [0.1, 0.15) is 17.8 Å². The highest BCUT2D eigenvalue weighted by Crippen LogP contribution is 2.84. The van der Waals surface area contributed by atoms with Crippen molar-refractivity contribution in [3.05, 3.63) is 0 Å². The number of carbonyl (C=O) groups is 1. The van der Waals surface area contributed by atoms with Crippen molar-refractivity contribution in [3.63, 3.8) is 0 Å². The summed E-state index contributed by atoms with van der Waals surface area (Å²) in [5.74, 6) is -1.51. The van der Waals surface area contributed by atoms with Crippen LogP contribution in [0.15, 0.2) is 0 Å². The third kappa shape index (κ3) is 1.29. The molecule has 6 rings (SSSR count). The van der Waals surface area contributed by atoms with Crippen LogP contribution in [0, 0.1) is 28.1 Å². The summed E-state index contributed by atoms with van der Waals surface area (Å²) >= 11 is 0. The minimum absolute atomic E-state index is 0.209. The maximum atomic E-state index is 13.4. The molecule has 6 fully saturated rings. The number of aliphatic hydroxyl groups is 3. The van der Waals surface area contributed by atoms with Gasteiger partial charge in [-0.15, -0.1) is 0 Å². The minimum Gasteiger partial charge on any atom is -0.456 e. The molecule has 0 radical (unpaired) electrons. The van der Waals surface area contributed by atoms with Crippen LogP contribution in [0.1, 0.15) is 34.1 Å². The quantitative estimate of drug-likeness (QED) is 0.473. The Kier molecular flexibility index (Phi) is 2.96. The van der Waals surface area contributed by atoms with Crippen molar-refractivity contribution in [2.24, 2.45) is 28.1 Å². The van der Waals surface area contributed by atoms with Gasteiger partial charge >= 0.3 is 5.97 Å². The first-order valence-electron chi connectivity index (χ1n) is 10.2. The molecule has 6 aliphatic rings. The Balaban J connectivity index is 1.71. The van der Waals surface area contributed by atoms with Crippen LogP contribution in [0.2, 0.25) is 0 Å². The van der Waals surface area contributed by atoms with Crippen molar-refractivity contribution in [2.45, 2.75) is 76.0 Å².